The van der Waals surface area contributed by atoms with Crippen molar-refractivity contribution in [1.82, 2.24) is 0 Å². The Kier molecular flexibility index (Phi) is 4.35. The van der Waals surface area contributed by atoms with Crippen molar-refractivity contribution in [3.8, 4) is 0 Å². The Morgan fingerprint density at radius 1 is 1.09 bits per heavy atom. The Morgan fingerprint density at radius 3 is 2.35 bits per heavy atom. The molecule has 1 aromatic carbocycles. The first kappa shape index (κ1) is 16.6. The summed E-state index contributed by atoms with van der Waals surface area (Å²) in [6, 6.07) is 6.60. The third kappa shape index (κ3) is 3.08. The molecule has 0 bridgehead atoms. The summed E-state index contributed by atoms with van der Waals surface area (Å²) in [5, 5.41) is 0. The van der Waals surface area contributed by atoms with Crippen molar-refractivity contribution in [3.63, 3.8) is 0 Å². The van der Waals surface area contributed by atoms with E-state index < -0.39 is 28.1 Å². The van der Waals surface area contributed by atoms with Crippen molar-refractivity contribution in [2.45, 2.75) is 62.6 Å². The van der Waals surface area contributed by atoms with Crippen LogP contribution in [-0.4, -0.2) is 32.5 Å². The minimum Gasteiger partial charge on any atom is -0.341 e. The van der Waals surface area contributed by atoms with Crippen molar-refractivity contribution >= 4 is 10.1 Å². The zero-order chi connectivity index (χ0) is 16.7. The molecule has 6 heteroatoms. The maximum absolute atomic E-state index is 12.4. The van der Waals surface area contributed by atoms with Gasteiger partial charge in [0.05, 0.1) is 4.90 Å². The van der Waals surface area contributed by atoms with Crippen LogP contribution in [0.15, 0.2) is 41.3 Å². The number of benzene rings is 1. The lowest BCUT2D eigenvalue weighted by Crippen LogP contribution is -2.34. The fourth-order valence-electron chi connectivity index (χ4n) is 2.97. The van der Waals surface area contributed by atoms with E-state index in [1.165, 1.54) is 0 Å². The van der Waals surface area contributed by atoms with E-state index in [-0.39, 0.29) is 11.0 Å². The van der Waals surface area contributed by atoms with Gasteiger partial charge in [0, 0.05) is 0 Å². The lowest BCUT2D eigenvalue weighted by Gasteiger charge is -2.26. The summed E-state index contributed by atoms with van der Waals surface area (Å²) in [6.07, 6.45) is 3.61. The Morgan fingerprint density at radius 2 is 1.74 bits per heavy atom. The second-order valence-electron chi connectivity index (χ2n) is 6.00. The minimum atomic E-state index is -3.84. The van der Waals surface area contributed by atoms with E-state index in [0.29, 0.717) is 12.8 Å². The topological polar surface area (TPSA) is 61.8 Å². The summed E-state index contributed by atoms with van der Waals surface area (Å²) in [7, 11) is -3.84. The number of hydrogen-bond acceptors (Lipinski definition) is 5. The van der Waals surface area contributed by atoms with Crippen LogP contribution in [-0.2, 0) is 23.8 Å². The van der Waals surface area contributed by atoms with E-state index in [2.05, 4.69) is 0 Å². The molecule has 0 aromatic heterocycles. The molecule has 0 N–H and O–H groups in total. The summed E-state index contributed by atoms with van der Waals surface area (Å²) in [5.74, 6) is -0.644. The van der Waals surface area contributed by atoms with Gasteiger partial charge in [-0.15, -0.1) is 0 Å². The molecular formula is C17H22O5S. The molecule has 3 rings (SSSR count). The van der Waals surface area contributed by atoms with Crippen molar-refractivity contribution in [1.29, 1.82) is 0 Å². The molecule has 0 saturated carbocycles. The van der Waals surface area contributed by atoms with Crippen LogP contribution in [0.5, 0.6) is 0 Å². The predicted molar refractivity (Wildman–Crippen MR) is 85.4 cm³/mol. The Hall–Kier alpha value is -1.21. The monoisotopic (exact) mass is 338 g/mol. The molecule has 1 saturated heterocycles. The molecule has 5 nitrogen and oxygen atoms in total. The van der Waals surface area contributed by atoms with Gasteiger partial charge in [0.25, 0.3) is 10.1 Å². The maximum Gasteiger partial charge on any atom is 0.297 e. The van der Waals surface area contributed by atoms with E-state index in [1.54, 1.807) is 30.3 Å². The normalized spacial score (nSPS) is 28.9. The van der Waals surface area contributed by atoms with Crippen LogP contribution >= 0.6 is 0 Å². The highest BCUT2D eigenvalue weighted by molar-refractivity contribution is 7.86. The molecule has 1 aliphatic carbocycles. The predicted octanol–water partition coefficient (Wildman–Crippen LogP) is 2.94. The molecule has 1 unspecified atom stereocenters. The van der Waals surface area contributed by atoms with Gasteiger partial charge >= 0.3 is 0 Å². The van der Waals surface area contributed by atoms with Crippen LogP contribution in [0.4, 0.5) is 0 Å². The number of rotatable bonds is 5. The van der Waals surface area contributed by atoms with Crippen LogP contribution < -0.4 is 0 Å². The summed E-state index contributed by atoms with van der Waals surface area (Å²) >= 11 is 0. The SMILES string of the molecule is CCC1(CC)OC2[C@@H](OS(=O)(=O)c3ccc(C)cc3)C=C[C@H]2O1. The third-order valence-corrected chi connectivity index (χ3v) is 5.79. The minimum absolute atomic E-state index is 0.149. The average Bonchev–Trinajstić information content (AvgIpc) is 3.07. The van der Waals surface area contributed by atoms with Crippen molar-refractivity contribution < 1.29 is 22.1 Å². The lowest BCUT2D eigenvalue weighted by molar-refractivity contribution is -0.182. The van der Waals surface area contributed by atoms with Gasteiger partial charge in [0.2, 0.25) is 0 Å². The number of aryl methyl sites for hydroxylation is 1. The quantitative estimate of drug-likeness (QED) is 0.610. The van der Waals surface area contributed by atoms with Gasteiger partial charge in [-0.2, -0.15) is 8.42 Å². The molecule has 0 spiro atoms. The Balaban J connectivity index is 1.76. The highest BCUT2D eigenvalue weighted by Crippen LogP contribution is 2.40. The largest absolute Gasteiger partial charge is 0.341 e. The molecule has 1 aliphatic heterocycles. The fourth-order valence-corrected chi connectivity index (χ4v) is 4.01. The summed E-state index contributed by atoms with van der Waals surface area (Å²) in [4.78, 5) is 0.149. The molecule has 3 atom stereocenters. The molecule has 1 aromatic rings. The van der Waals surface area contributed by atoms with E-state index in [9.17, 15) is 8.42 Å². The highest BCUT2D eigenvalue weighted by atomic mass is 32.2. The Bertz CT molecular complexity index is 688. The zero-order valence-electron chi connectivity index (χ0n) is 13.6. The van der Waals surface area contributed by atoms with E-state index in [4.69, 9.17) is 13.7 Å². The van der Waals surface area contributed by atoms with E-state index >= 15 is 0 Å². The molecule has 2 aliphatic rings. The first-order valence-corrected chi connectivity index (χ1v) is 9.34. The van der Waals surface area contributed by atoms with Crippen LogP contribution in [0.25, 0.3) is 0 Å². The van der Waals surface area contributed by atoms with Gasteiger partial charge in [0.1, 0.15) is 18.3 Å². The van der Waals surface area contributed by atoms with Crippen molar-refractivity contribution in [2.24, 2.45) is 0 Å². The second kappa shape index (κ2) is 6.02. The van der Waals surface area contributed by atoms with Gasteiger partial charge in [0.15, 0.2) is 5.79 Å². The zero-order valence-corrected chi connectivity index (χ0v) is 14.4. The van der Waals surface area contributed by atoms with Crippen LogP contribution in [0, 0.1) is 6.92 Å². The summed E-state index contributed by atoms with van der Waals surface area (Å²) in [6.45, 7) is 5.89. The smallest absolute Gasteiger partial charge is 0.297 e. The van der Waals surface area contributed by atoms with Gasteiger partial charge < -0.3 is 9.47 Å². The summed E-state index contributed by atoms with van der Waals surface area (Å²) in [5.41, 5.74) is 0.993. The first-order chi connectivity index (χ1) is 10.9. The number of hydrogen-bond donors (Lipinski definition) is 0. The van der Waals surface area contributed by atoms with E-state index in [0.717, 1.165) is 5.56 Å². The van der Waals surface area contributed by atoms with Crippen LogP contribution in [0.3, 0.4) is 0 Å². The van der Waals surface area contributed by atoms with Gasteiger partial charge in [-0.05, 0) is 31.9 Å². The van der Waals surface area contributed by atoms with Crippen molar-refractivity contribution in [2.75, 3.05) is 0 Å². The molecule has 0 amide bonds. The van der Waals surface area contributed by atoms with Gasteiger partial charge in [-0.3, -0.25) is 4.18 Å². The molecule has 1 heterocycles. The molecule has 23 heavy (non-hydrogen) atoms. The van der Waals surface area contributed by atoms with Crippen molar-refractivity contribution in [3.05, 3.63) is 42.0 Å². The fraction of sp³-hybridized carbons (Fsp3) is 0.529. The lowest BCUT2D eigenvalue weighted by atomic mass is 10.1. The van der Waals surface area contributed by atoms with E-state index in [1.807, 2.05) is 26.8 Å². The van der Waals surface area contributed by atoms with Gasteiger partial charge in [-0.25, -0.2) is 0 Å². The van der Waals surface area contributed by atoms with Crippen LogP contribution in [0.1, 0.15) is 32.3 Å². The van der Waals surface area contributed by atoms with Crippen LogP contribution in [0.2, 0.25) is 0 Å². The summed E-state index contributed by atoms with van der Waals surface area (Å²) < 4.78 is 42.2. The molecule has 0 radical (unpaired) electrons. The number of fused-ring (bicyclic) bond motifs is 1. The first-order valence-electron chi connectivity index (χ1n) is 7.93. The maximum atomic E-state index is 12.4. The van der Waals surface area contributed by atoms with Gasteiger partial charge in [-0.1, -0.05) is 43.7 Å². The number of ether oxygens (including phenoxy) is 2. The second-order valence-corrected chi connectivity index (χ2v) is 7.57. The molecule has 126 valence electrons. The molecular weight excluding hydrogens is 316 g/mol. The Labute approximate surface area is 137 Å². The standard InChI is InChI=1S/C17H22O5S/c1-4-17(5-2)20-14-10-11-15(16(14)21-17)22-23(18,19)13-8-6-12(3)7-9-13/h6-11,14-16H,4-5H2,1-3H3/t14-,15+,16?/m1/s1. The third-order valence-electron chi connectivity index (χ3n) is 4.46. The molecule has 1 fully saturated rings. The average molecular weight is 338 g/mol. The highest BCUT2D eigenvalue weighted by Gasteiger charge is 2.50.